The van der Waals surface area contributed by atoms with Gasteiger partial charge in [0.2, 0.25) is 5.78 Å². The van der Waals surface area contributed by atoms with Gasteiger partial charge in [0, 0.05) is 18.8 Å². The predicted octanol–water partition coefficient (Wildman–Crippen LogP) is 2.50. The number of carbonyl (C=O) groups excluding carboxylic acids is 2. The number of aromatic amines is 1. The van der Waals surface area contributed by atoms with Gasteiger partial charge < -0.3 is 9.72 Å². The van der Waals surface area contributed by atoms with Crippen molar-refractivity contribution >= 4 is 11.8 Å². The highest BCUT2D eigenvalue weighted by Crippen LogP contribution is 2.18. The maximum atomic E-state index is 11.9. The molecule has 0 aliphatic carbocycles. The van der Waals surface area contributed by atoms with E-state index in [9.17, 15) is 9.59 Å². The van der Waals surface area contributed by atoms with Crippen LogP contribution in [0.2, 0.25) is 0 Å². The van der Waals surface area contributed by atoms with Crippen molar-refractivity contribution in [2.75, 3.05) is 6.61 Å². The highest BCUT2D eigenvalue weighted by atomic mass is 16.5. The van der Waals surface area contributed by atoms with E-state index in [1.54, 1.807) is 26.2 Å². The summed E-state index contributed by atoms with van der Waals surface area (Å²) in [7, 11) is 0. The van der Waals surface area contributed by atoms with Crippen molar-refractivity contribution in [1.29, 1.82) is 0 Å². The molecule has 0 bridgehead atoms. The van der Waals surface area contributed by atoms with E-state index >= 15 is 0 Å². The van der Waals surface area contributed by atoms with Crippen LogP contribution in [-0.2, 0) is 16.0 Å². The summed E-state index contributed by atoms with van der Waals surface area (Å²) in [6, 6.07) is 7.41. The van der Waals surface area contributed by atoms with Crippen LogP contribution < -0.4 is 0 Å². The van der Waals surface area contributed by atoms with Crippen molar-refractivity contribution in [3.05, 3.63) is 53.6 Å². The van der Waals surface area contributed by atoms with Crippen molar-refractivity contribution in [2.24, 2.45) is 0 Å². The molecular formula is C16H18N2O3. The van der Waals surface area contributed by atoms with Crippen molar-refractivity contribution in [1.82, 2.24) is 9.97 Å². The molecule has 0 fully saturated rings. The third-order valence-corrected chi connectivity index (χ3v) is 3.25. The minimum absolute atomic E-state index is 0.0637. The van der Waals surface area contributed by atoms with Gasteiger partial charge in [0.05, 0.1) is 12.5 Å². The number of nitrogens with one attached hydrogen (secondary N) is 1. The Hall–Kier alpha value is -2.43. The lowest BCUT2D eigenvalue weighted by atomic mass is 9.98. The molecule has 5 heteroatoms. The lowest BCUT2D eigenvalue weighted by Crippen LogP contribution is -2.13. The van der Waals surface area contributed by atoms with E-state index < -0.39 is 0 Å². The fraction of sp³-hybridized carbons (Fsp3) is 0.312. The van der Waals surface area contributed by atoms with Gasteiger partial charge in [-0.15, -0.1) is 0 Å². The Morgan fingerprint density at radius 1 is 1.29 bits per heavy atom. The number of H-pyrrole nitrogens is 1. The highest BCUT2D eigenvalue weighted by molar-refractivity contribution is 5.94. The average Bonchev–Trinajstić information content (AvgIpc) is 3.02. The zero-order chi connectivity index (χ0) is 15.2. The molecule has 0 aliphatic rings. The third kappa shape index (κ3) is 3.78. The summed E-state index contributed by atoms with van der Waals surface area (Å²) in [5.41, 5.74) is 1.76. The normalized spacial score (nSPS) is 11.9. The molecule has 0 radical (unpaired) electrons. The van der Waals surface area contributed by atoms with Crippen LogP contribution in [0.5, 0.6) is 0 Å². The number of aromatic nitrogens is 2. The zero-order valence-electron chi connectivity index (χ0n) is 12.1. The number of esters is 1. The van der Waals surface area contributed by atoms with Crippen LogP contribution in [0.15, 0.2) is 36.7 Å². The molecule has 0 amide bonds. The van der Waals surface area contributed by atoms with E-state index in [0.717, 1.165) is 11.1 Å². The van der Waals surface area contributed by atoms with Gasteiger partial charge in [-0.25, -0.2) is 4.98 Å². The monoisotopic (exact) mass is 286 g/mol. The van der Waals surface area contributed by atoms with Gasteiger partial charge >= 0.3 is 5.97 Å². The number of rotatable bonds is 6. The Morgan fingerprint density at radius 3 is 2.57 bits per heavy atom. The summed E-state index contributed by atoms with van der Waals surface area (Å²) in [6.45, 7) is 3.97. The zero-order valence-corrected chi connectivity index (χ0v) is 12.1. The largest absolute Gasteiger partial charge is 0.466 e. The number of imidazole rings is 1. The van der Waals surface area contributed by atoms with Gasteiger partial charge in [-0.3, -0.25) is 9.59 Å². The molecule has 110 valence electrons. The number of ketones is 1. The summed E-state index contributed by atoms with van der Waals surface area (Å²) in [5, 5.41) is 0. The van der Waals surface area contributed by atoms with E-state index in [4.69, 9.17) is 4.74 Å². The highest BCUT2D eigenvalue weighted by Gasteiger charge is 2.16. The topological polar surface area (TPSA) is 72.1 Å². The van der Waals surface area contributed by atoms with Crippen molar-refractivity contribution in [3.8, 4) is 0 Å². The van der Waals surface area contributed by atoms with Crippen molar-refractivity contribution in [3.63, 3.8) is 0 Å². The Morgan fingerprint density at radius 2 is 2.00 bits per heavy atom. The Kier molecular flexibility index (Phi) is 4.87. The second kappa shape index (κ2) is 6.83. The molecule has 0 saturated carbocycles. The molecule has 21 heavy (non-hydrogen) atoms. The Bertz CT molecular complexity index is 603. The van der Waals surface area contributed by atoms with Gasteiger partial charge in [0.15, 0.2) is 5.82 Å². The van der Waals surface area contributed by atoms with Gasteiger partial charge in [-0.2, -0.15) is 0 Å². The van der Waals surface area contributed by atoms with Crippen LogP contribution in [0, 0.1) is 0 Å². The summed E-state index contributed by atoms with van der Waals surface area (Å²) in [5.74, 6) is -0.248. The van der Waals surface area contributed by atoms with Gasteiger partial charge in [0.1, 0.15) is 0 Å². The number of ether oxygens (including phenoxy) is 1. The molecule has 2 rings (SSSR count). The van der Waals surface area contributed by atoms with Crippen LogP contribution in [-0.4, -0.2) is 28.3 Å². The molecule has 0 saturated heterocycles. The summed E-state index contributed by atoms with van der Waals surface area (Å²) in [4.78, 5) is 30.3. The predicted molar refractivity (Wildman–Crippen MR) is 78.1 cm³/mol. The SMILES string of the molecule is CCOC(=O)C(C)c1ccc(CC(=O)c2ncc[nH]2)cc1. The van der Waals surface area contributed by atoms with Gasteiger partial charge in [-0.05, 0) is 25.0 Å². The number of Topliss-reactive ketones (excluding diaryl/α,β-unsaturated/α-hetero) is 1. The van der Waals surface area contributed by atoms with Crippen LogP contribution in [0.4, 0.5) is 0 Å². The molecule has 1 aromatic carbocycles. The van der Waals surface area contributed by atoms with Crippen LogP contribution in [0.25, 0.3) is 0 Å². The summed E-state index contributed by atoms with van der Waals surface area (Å²) >= 11 is 0. The Labute approximate surface area is 123 Å². The number of hydrogen-bond donors (Lipinski definition) is 1. The number of hydrogen-bond acceptors (Lipinski definition) is 4. The average molecular weight is 286 g/mol. The maximum absolute atomic E-state index is 11.9. The molecule has 0 spiro atoms. The van der Waals surface area contributed by atoms with Gasteiger partial charge in [-0.1, -0.05) is 24.3 Å². The standard InChI is InChI=1S/C16H18N2O3/c1-3-21-16(20)11(2)13-6-4-12(5-7-13)10-14(19)15-17-8-9-18-15/h4-9,11H,3,10H2,1-2H3,(H,17,18). The van der Waals surface area contributed by atoms with E-state index in [1.165, 1.54) is 0 Å². The molecule has 0 aliphatic heterocycles. The minimum atomic E-state index is -0.306. The molecule has 5 nitrogen and oxygen atoms in total. The van der Waals surface area contributed by atoms with Crippen LogP contribution in [0.3, 0.4) is 0 Å². The quantitative estimate of drug-likeness (QED) is 0.654. The van der Waals surface area contributed by atoms with E-state index in [0.29, 0.717) is 12.4 Å². The first-order valence-electron chi connectivity index (χ1n) is 6.90. The molecule has 1 N–H and O–H groups in total. The molecule has 1 atom stereocenters. The van der Waals surface area contributed by atoms with Crippen LogP contribution >= 0.6 is 0 Å². The number of carbonyl (C=O) groups is 2. The van der Waals surface area contributed by atoms with Crippen molar-refractivity contribution < 1.29 is 14.3 Å². The van der Waals surface area contributed by atoms with Crippen LogP contribution in [0.1, 0.15) is 41.5 Å². The molecule has 1 aromatic heterocycles. The fourth-order valence-corrected chi connectivity index (χ4v) is 2.01. The molecule has 1 unspecified atom stereocenters. The van der Waals surface area contributed by atoms with E-state index in [-0.39, 0.29) is 24.1 Å². The Balaban J connectivity index is 2.02. The second-order valence-corrected chi connectivity index (χ2v) is 4.75. The first-order chi connectivity index (χ1) is 10.1. The third-order valence-electron chi connectivity index (χ3n) is 3.25. The second-order valence-electron chi connectivity index (χ2n) is 4.75. The summed E-state index contributed by atoms with van der Waals surface area (Å²) < 4.78 is 5.00. The van der Waals surface area contributed by atoms with Crippen molar-refractivity contribution in [2.45, 2.75) is 26.2 Å². The molecule has 2 aromatic rings. The maximum Gasteiger partial charge on any atom is 0.313 e. The van der Waals surface area contributed by atoms with E-state index in [1.807, 2.05) is 24.3 Å². The summed E-state index contributed by atoms with van der Waals surface area (Å²) in [6.07, 6.45) is 3.45. The first-order valence-corrected chi connectivity index (χ1v) is 6.90. The lowest BCUT2D eigenvalue weighted by Gasteiger charge is -2.11. The first kappa shape index (κ1) is 15.0. The number of nitrogens with zero attached hydrogens (tertiary/aromatic N) is 1. The van der Waals surface area contributed by atoms with E-state index in [2.05, 4.69) is 9.97 Å². The fourth-order valence-electron chi connectivity index (χ4n) is 2.01. The molecular weight excluding hydrogens is 268 g/mol. The number of benzene rings is 1. The smallest absolute Gasteiger partial charge is 0.313 e. The lowest BCUT2D eigenvalue weighted by molar-refractivity contribution is -0.144. The minimum Gasteiger partial charge on any atom is -0.466 e. The molecule has 1 heterocycles. The van der Waals surface area contributed by atoms with Gasteiger partial charge in [0.25, 0.3) is 0 Å².